The molecule has 126 valence electrons. The van der Waals surface area contributed by atoms with E-state index in [1.54, 1.807) is 12.1 Å². The molecule has 2 rings (SSSR count). The van der Waals surface area contributed by atoms with Crippen LogP contribution in [0.25, 0.3) is 0 Å². The summed E-state index contributed by atoms with van der Waals surface area (Å²) >= 11 is 5.71. The van der Waals surface area contributed by atoms with Crippen molar-refractivity contribution in [2.45, 2.75) is 12.8 Å². The molecule has 0 fully saturated rings. The van der Waals surface area contributed by atoms with Crippen LogP contribution in [0.5, 0.6) is 0 Å². The molecule has 0 aliphatic carbocycles. The van der Waals surface area contributed by atoms with E-state index in [0.717, 1.165) is 11.6 Å². The minimum Gasteiger partial charge on any atom is -0.456 e. The van der Waals surface area contributed by atoms with Crippen molar-refractivity contribution in [3.63, 3.8) is 0 Å². The lowest BCUT2D eigenvalue weighted by atomic mass is 10.1. The van der Waals surface area contributed by atoms with Crippen LogP contribution in [0.15, 0.2) is 42.5 Å². The molecule has 0 saturated heterocycles. The Hall–Kier alpha value is -2.47. The van der Waals surface area contributed by atoms with Gasteiger partial charge in [0.2, 0.25) is 0 Å². The van der Waals surface area contributed by atoms with Crippen molar-refractivity contribution in [3.8, 4) is 0 Å². The zero-order valence-corrected chi connectivity index (χ0v) is 13.3. The summed E-state index contributed by atoms with van der Waals surface area (Å²) in [5.74, 6) is -2.26. The van der Waals surface area contributed by atoms with Gasteiger partial charge in [-0.25, -0.2) is 8.78 Å². The van der Waals surface area contributed by atoms with E-state index in [0.29, 0.717) is 6.42 Å². The van der Waals surface area contributed by atoms with Crippen LogP contribution in [0.1, 0.15) is 12.0 Å². The number of benzene rings is 2. The van der Waals surface area contributed by atoms with E-state index in [1.165, 1.54) is 24.3 Å². The van der Waals surface area contributed by atoms with Crippen LogP contribution in [0.2, 0.25) is 5.02 Å². The molecule has 1 N–H and O–H groups in total. The molecular formula is C17H14ClF2NO3. The van der Waals surface area contributed by atoms with Crippen LogP contribution in [0.3, 0.4) is 0 Å². The number of rotatable bonds is 6. The molecule has 0 spiro atoms. The Labute approximate surface area is 142 Å². The summed E-state index contributed by atoms with van der Waals surface area (Å²) < 4.78 is 31.0. The molecule has 0 saturated carbocycles. The third-order valence-electron chi connectivity index (χ3n) is 3.10. The zero-order valence-electron chi connectivity index (χ0n) is 12.5. The molecule has 1 amide bonds. The summed E-state index contributed by atoms with van der Waals surface area (Å²) in [4.78, 5) is 23.2. The Morgan fingerprint density at radius 1 is 1.08 bits per heavy atom. The molecule has 0 heterocycles. The van der Waals surface area contributed by atoms with Crippen molar-refractivity contribution in [1.29, 1.82) is 0 Å². The highest BCUT2D eigenvalue weighted by Crippen LogP contribution is 2.19. The first kappa shape index (κ1) is 17.9. The molecule has 0 unspecified atom stereocenters. The number of hydrogen-bond donors (Lipinski definition) is 1. The Morgan fingerprint density at radius 3 is 2.50 bits per heavy atom. The predicted molar refractivity (Wildman–Crippen MR) is 85.7 cm³/mol. The summed E-state index contributed by atoms with van der Waals surface area (Å²) in [7, 11) is 0. The van der Waals surface area contributed by atoms with Gasteiger partial charge in [-0.1, -0.05) is 23.7 Å². The molecule has 2 aromatic rings. The van der Waals surface area contributed by atoms with Gasteiger partial charge in [0.15, 0.2) is 6.61 Å². The maximum atomic E-state index is 13.5. The third kappa shape index (κ3) is 5.62. The fourth-order valence-corrected chi connectivity index (χ4v) is 2.07. The first-order valence-electron chi connectivity index (χ1n) is 7.09. The van der Waals surface area contributed by atoms with Gasteiger partial charge in [0, 0.05) is 11.4 Å². The van der Waals surface area contributed by atoms with Crippen LogP contribution in [-0.4, -0.2) is 18.5 Å². The highest BCUT2D eigenvalue weighted by atomic mass is 35.5. The fourth-order valence-electron chi connectivity index (χ4n) is 1.90. The Morgan fingerprint density at radius 2 is 1.79 bits per heavy atom. The molecule has 0 bridgehead atoms. The van der Waals surface area contributed by atoms with Gasteiger partial charge in [0.1, 0.15) is 11.6 Å². The van der Waals surface area contributed by atoms with Gasteiger partial charge in [-0.2, -0.15) is 0 Å². The van der Waals surface area contributed by atoms with E-state index in [1.807, 2.05) is 0 Å². The summed E-state index contributed by atoms with van der Waals surface area (Å²) in [5.41, 5.74) is 0.689. The number of nitrogens with one attached hydrogen (secondary N) is 1. The lowest BCUT2D eigenvalue weighted by Gasteiger charge is -2.08. The van der Waals surface area contributed by atoms with Gasteiger partial charge in [-0.3, -0.25) is 9.59 Å². The van der Waals surface area contributed by atoms with Crippen molar-refractivity contribution >= 4 is 29.2 Å². The zero-order chi connectivity index (χ0) is 17.5. The first-order chi connectivity index (χ1) is 11.4. The molecule has 4 nitrogen and oxygen atoms in total. The molecular weight excluding hydrogens is 340 g/mol. The number of esters is 1. The molecule has 0 aliphatic rings. The number of hydrogen-bond acceptors (Lipinski definition) is 3. The van der Waals surface area contributed by atoms with E-state index >= 15 is 0 Å². The fraction of sp³-hybridized carbons (Fsp3) is 0.176. The predicted octanol–water partition coefficient (Wildman–Crippen LogP) is 3.73. The molecule has 24 heavy (non-hydrogen) atoms. The molecule has 7 heteroatoms. The number of carbonyl (C=O) groups excluding carboxylic acids is 2. The minimum absolute atomic E-state index is 0.0461. The van der Waals surface area contributed by atoms with Crippen LogP contribution in [0.4, 0.5) is 14.5 Å². The Kier molecular flexibility index (Phi) is 6.26. The quantitative estimate of drug-likeness (QED) is 0.805. The number of halogens is 3. The van der Waals surface area contributed by atoms with E-state index in [4.69, 9.17) is 16.3 Å². The van der Waals surface area contributed by atoms with Crippen molar-refractivity contribution in [2.75, 3.05) is 11.9 Å². The average molecular weight is 354 g/mol. The van der Waals surface area contributed by atoms with E-state index in [2.05, 4.69) is 5.32 Å². The van der Waals surface area contributed by atoms with Crippen LogP contribution in [0, 0.1) is 11.6 Å². The largest absolute Gasteiger partial charge is 0.456 e. The monoisotopic (exact) mass is 353 g/mol. The number of anilines is 1. The topological polar surface area (TPSA) is 55.4 Å². The van der Waals surface area contributed by atoms with Crippen LogP contribution >= 0.6 is 11.6 Å². The molecule has 0 aromatic heterocycles. The van der Waals surface area contributed by atoms with Gasteiger partial charge in [0.05, 0.1) is 5.69 Å². The van der Waals surface area contributed by atoms with Gasteiger partial charge in [-0.05, 0) is 42.3 Å². The number of carbonyl (C=O) groups is 2. The van der Waals surface area contributed by atoms with Gasteiger partial charge >= 0.3 is 5.97 Å². The average Bonchev–Trinajstić information content (AvgIpc) is 2.56. The maximum absolute atomic E-state index is 13.5. The number of aryl methyl sites for hydroxylation is 1. The van der Waals surface area contributed by atoms with Crippen molar-refractivity contribution < 1.29 is 23.1 Å². The smallest absolute Gasteiger partial charge is 0.306 e. The third-order valence-corrected chi connectivity index (χ3v) is 3.33. The van der Waals surface area contributed by atoms with Crippen molar-refractivity contribution in [1.82, 2.24) is 0 Å². The molecule has 0 aliphatic heterocycles. The Balaban J connectivity index is 1.75. The lowest BCUT2D eigenvalue weighted by molar-refractivity contribution is -0.147. The second kappa shape index (κ2) is 8.40. The van der Waals surface area contributed by atoms with E-state index in [9.17, 15) is 18.4 Å². The van der Waals surface area contributed by atoms with E-state index < -0.39 is 24.3 Å². The normalized spacial score (nSPS) is 10.3. The van der Waals surface area contributed by atoms with Crippen LogP contribution in [-0.2, 0) is 20.7 Å². The minimum atomic E-state index is -0.675. The lowest BCUT2D eigenvalue weighted by Crippen LogP contribution is -2.21. The summed E-state index contributed by atoms with van der Waals surface area (Å²) in [6, 6.07) is 9.45. The molecule has 0 radical (unpaired) electrons. The highest BCUT2D eigenvalue weighted by molar-refractivity contribution is 6.30. The van der Waals surface area contributed by atoms with Crippen molar-refractivity contribution in [3.05, 3.63) is 64.7 Å². The van der Waals surface area contributed by atoms with Gasteiger partial charge in [-0.15, -0.1) is 0 Å². The standard InChI is InChI=1S/C17H14ClF2NO3/c18-12-4-7-14(20)15(9-12)21-16(22)10-24-17(23)8-3-11-1-5-13(19)6-2-11/h1-2,4-7,9H,3,8,10H2,(H,21,22). The summed E-state index contributed by atoms with van der Waals surface area (Å²) in [6.45, 7) is -0.534. The molecule has 0 atom stereocenters. The Bertz CT molecular complexity index is 735. The SMILES string of the molecule is O=C(COC(=O)CCc1ccc(F)cc1)Nc1cc(Cl)ccc1F. The number of ether oxygens (including phenoxy) is 1. The summed E-state index contributed by atoms with van der Waals surface area (Å²) in [6.07, 6.45) is 0.411. The van der Waals surface area contributed by atoms with Crippen molar-refractivity contribution in [2.24, 2.45) is 0 Å². The second-order valence-corrected chi connectivity index (χ2v) is 5.40. The molecule has 2 aromatic carbocycles. The van der Waals surface area contributed by atoms with Crippen LogP contribution < -0.4 is 5.32 Å². The summed E-state index contributed by atoms with van der Waals surface area (Å²) in [5, 5.41) is 2.54. The van der Waals surface area contributed by atoms with Gasteiger partial charge in [0.25, 0.3) is 5.91 Å². The highest BCUT2D eigenvalue weighted by Gasteiger charge is 2.11. The van der Waals surface area contributed by atoms with E-state index in [-0.39, 0.29) is 22.9 Å². The van der Waals surface area contributed by atoms with Gasteiger partial charge < -0.3 is 10.1 Å². The number of amides is 1. The second-order valence-electron chi connectivity index (χ2n) is 4.96. The first-order valence-corrected chi connectivity index (χ1v) is 7.47. The maximum Gasteiger partial charge on any atom is 0.306 e.